The zero-order chi connectivity index (χ0) is 19.1. The smallest absolute Gasteiger partial charge is 0.257 e. The van der Waals surface area contributed by atoms with E-state index in [2.05, 4.69) is 10.2 Å². The summed E-state index contributed by atoms with van der Waals surface area (Å²) >= 11 is 0. The molecule has 2 heterocycles. The quantitative estimate of drug-likeness (QED) is 0.726. The Morgan fingerprint density at radius 1 is 1.22 bits per heavy atom. The first-order chi connectivity index (χ1) is 13.0. The number of hydrogen-bond donors (Lipinski definition) is 2. The predicted octanol–water partition coefficient (Wildman–Crippen LogP) is 3.57. The lowest BCUT2D eigenvalue weighted by molar-refractivity contribution is 0.0731. The maximum Gasteiger partial charge on any atom is 0.257 e. The Morgan fingerprint density at radius 2 is 2.04 bits per heavy atom. The number of carbonyl (C=O) groups excluding carboxylic acids is 1. The molecule has 3 aromatic rings. The standard InChI is InChI=1S/C20H17F2N3O2/c1-11-3-2-4-13(19(11)26)20(27)25-8-7-17-14(10-25)18(24-23-17)12-5-6-15(21)16(22)9-12/h2-6,9,26H,7-8,10H2,1H3,(H,23,24). The summed E-state index contributed by atoms with van der Waals surface area (Å²) in [5.41, 5.74) is 3.45. The molecule has 0 spiro atoms. The number of aromatic amines is 1. The van der Waals surface area contributed by atoms with Crippen LogP contribution in [0.15, 0.2) is 36.4 Å². The van der Waals surface area contributed by atoms with Crippen molar-refractivity contribution in [2.24, 2.45) is 0 Å². The Balaban J connectivity index is 1.67. The summed E-state index contributed by atoms with van der Waals surface area (Å²) in [6.45, 7) is 2.47. The molecule has 1 aromatic heterocycles. The molecule has 1 amide bonds. The van der Waals surface area contributed by atoms with Gasteiger partial charge in [-0.2, -0.15) is 5.10 Å². The van der Waals surface area contributed by atoms with E-state index in [1.54, 1.807) is 30.0 Å². The second-order valence-electron chi connectivity index (χ2n) is 6.61. The molecule has 0 saturated heterocycles. The number of phenols is 1. The van der Waals surface area contributed by atoms with Crippen LogP contribution >= 0.6 is 0 Å². The highest BCUT2D eigenvalue weighted by molar-refractivity contribution is 5.97. The average molecular weight is 369 g/mol. The number of rotatable bonds is 2. The largest absolute Gasteiger partial charge is 0.507 e. The number of aromatic hydroxyl groups is 1. The number of nitrogens with one attached hydrogen (secondary N) is 1. The van der Waals surface area contributed by atoms with E-state index in [1.165, 1.54) is 6.07 Å². The summed E-state index contributed by atoms with van der Waals surface area (Å²) in [6.07, 6.45) is 0.560. The minimum atomic E-state index is -0.947. The van der Waals surface area contributed by atoms with Crippen LogP contribution in [0.4, 0.5) is 8.78 Å². The molecule has 0 fully saturated rings. The monoisotopic (exact) mass is 369 g/mol. The fraction of sp³-hybridized carbons (Fsp3) is 0.200. The van der Waals surface area contributed by atoms with E-state index in [4.69, 9.17) is 0 Å². The van der Waals surface area contributed by atoms with Crippen molar-refractivity contribution in [3.63, 3.8) is 0 Å². The minimum absolute atomic E-state index is 0.0266. The highest BCUT2D eigenvalue weighted by atomic mass is 19.2. The minimum Gasteiger partial charge on any atom is -0.507 e. The fourth-order valence-corrected chi connectivity index (χ4v) is 3.35. The first-order valence-electron chi connectivity index (χ1n) is 8.55. The SMILES string of the molecule is Cc1cccc(C(=O)N2CCc3[nH]nc(-c4ccc(F)c(F)c4)c3C2)c1O. The number of amides is 1. The molecule has 0 radical (unpaired) electrons. The summed E-state index contributed by atoms with van der Waals surface area (Å²) < 4.78 is 26.8. The molecule has 0 bridgehead atoms. The van der Waals surface area contributed by atoms with Gasteiger partial charge in [-0.1, -0.05) is 12.1 Å². The van der Waals surface area contributed by atoms with Crippen LogP contribution in [0.1, 0.15) is 27.2 Å². The Kier molecular flexibility index (Phi) is 4.14. The number of aryl methyl sites for hydroxylation is 1. The van der Waals surface area contributed by atoms with Crippen molar-refractivity contribution in [1.29, 1.82) is 0 Å². The Morgan fingerprint density at radius 3 is 2.81 bits per heavy atom. The van der Waals surface area contributed by atoms with Crippen molar-refractivity contribution in [3.05, 3.63) is 70.4 Å². The Labute approximate surface area is 154 Å². The van der Waals surface area contributed by atoms with Crippen molar-refractivity contribution in [2.75, 3.05) is 6.54 Å². The van der Waals surface area contributed by atoms with Crippen LogP contribution in [0.2, 0.25) is 0 Å². The molecule has 2 aromatic carbocycles. The van der Waals surface area contributed by atoms with Gasteiger partial charge in [0, 0.05) is 36.3 Å². The number of benzene rings is 2. The molecule has 0 atom stereocenters. The van der Waals surface area contributed by atoms with Crippen LogP contribution in [0.25, 0.3) is 11.3 Å². The van der Waals surface area contributed by atoms with Crippen molar-refractivity contribution < 1.29 is 18.7 Å². The highest BCUT2D eigenvalue weighted by Gasteiger charge is 2.28. The molecule has 1 aliphatic rings. The number of hydrogen-bond acceptors (Lipinski definition) is 3. The summed E-state index contributed by atoms with van der Waals surface area (Å²) in [6, 6.07) is 8.66. The number of carbonyl (C=O) groups is 1. The molecule has 138 valence electrons. The maximum absolute atomic E-state index is 13.6. The van der Waals surface area contributed by atoms with Crippen molar-refractivity contribution in [2.45, 2.75) is 19.9 Å². The topological polar surface area (TPSA) is 69.2 Å². The van der Waals surface area contributed by atoms with Gasteiger partial charge in [-0.25, -0.2) is 8.78 Å². The third-order valence-electron chi connectivity index (χ3n) is 4.88. The van der Waals surface area contributed by atoms with E-state index in [0.717, 1.165) is 23.4 Å². The molecular formula is C20H17F2N3O2. The van der Waals surface area contributed by atoms with Crippen molar-refractivity contribution in [3.8, 4) is 17.0 Å². The van der Waals surface area contributed by atoms with Gasteiger partial charge in [0.25, 0.3) is 5.91 Å². The molecule has 0 saturated carbocycles. The molecule has 2 N–H and O–H groups in total. The molecule has 7 heteroatoms. The fourth-order valence-electron chi connectivity index (χ4n) is 3.35. The molecule has 5 nitrogen and oxygen atoms in total. The van der Waals surface area contributed by atoms with Gasteiger partial charge < -0.3 is 10.0 Å². The summed E-state index contributed by atoms with van der Waals surface area (Å²) in [5, 5.41) is 17.4. The predicted molar refractivity (Wildman–Crippen MR) is 95.2 cm³/mol. The third kappa shape index (κ3) is 2.95. The molecular weight excluding hydrogens is 352 g/mol. The third-order valence-corrected chi connectivity index (χ3v) is 4.88. The number of H-pyrrole nitrogens is 1. The van der Waals surface area contributed by atoms with Gasteiger partial charge in [-0.15, -0.1) is 0 Å². The van der Waals surface area contributed by atoms with Gasteiger partial charge in [0.2, 0.25) is 0 Å². The van der Waals surface area contributed by atoms with Crippen LogP contribution < -0.4 is 0 Å². The number of halogens is 2. The van der Waals surface area contributed by atoms with Gasteiger partial charge >= 0.3 is 0 Å². The normalized spacial score (nSPS) is 13.5. The Bertz CT molecular complexity index is 1050. The number of phenolic OH excluding ortho intramolecular Hbond substituents is 1. The number of fused-ring (bicyclic) bond motifs is 1. The van der Waals surface area contributed by atoms with E-state index < -0.39 is 11.6 Å². The van der Waals surface area contributed by atoms with Gasteiger partial charge in [0.15, 0.2) is 11.6 Å². The highest BCUT2D eigenvalue weighted by Crippen LogP contribution is 2.31. The lowest BCUT2D eigenvalue weighted by Gasteiger charge is -2.27. The number of nitrogens with zero attached hydrogens (tertiary/aromatic N) is 2. The zero-order valence-electron chi connectivity index (χ0n) is 14.6. The van der Waals surface area contributed by atoms with E-state index in [9.17, 15) is 18.7 Å². The summed E-state index contributed by atoms with van der Waals surface area (Å²) in [5.74, 6) is -2.17. The van der Waals surface area contributed by atoms with Gasteiger partial charge in [-0.05, 0) is 36.8 Å². The summed E-state index contributed by atoms with van der Waals surface area (Å²) in [4.78, 5) is 14.5. The van der Waals surface area contributed by atoms with Gasteiger partial charge in [0.05, 0.1) is 11.3 Å². The second kappa shape index (κ2) is 6.50. The second-order valence-corrected chi connectivity index (χ2v) is 6.61. The van der Waals surface area contributed by atoms with E-state index in [1.807, 2.05) is 0 Å². The van der Waals surface area contributed by atoms with Gasteiger partial charge in [-0.3, -0.25) is 9.89 Å². The van der Waals surface area contributed by atoms with E-state index in [0.29, 0.717) is 29.8 Å². The first kappa shape index (κ1) is 17.2. The maximum atomic E-state index is 13.6. The molecule has 0 unspecified atom stereocenters. The number of aromatic nitrogens is 2. The van der Waals surface area contributed by atoms with Crippen molar-refractivity contribution in [1.82, 2.24) is 15.1 Å². The summed E-state index contributed by atoms with van der Waals surface area (Å²) in [7, 11) is 0. The lowest BCUT2D eigenvalue weighted by Crippen LogP contribution is -2.36. The van der Waals surface area contributed by atoms with Crippen LogP contribution in [-0.2, 0) is 13.0 Å². The molecule has 0 aliphatic carbocycles. The van der Waals surface area contributed by atoms with E-state index >= 15 is 0 Å². The molecule has 1 aliphatic heterocycles. The van der Waals surface area contributed by atoms with Crippen LogP contribution in [0.5, 0.6) is 5.75 Å². The lowest BCUT2D eigenvalue weighted by atomic mass is 9.99. The first-order valence-corrected chi connectivity index (χ1v) is 8.55. The van der Waals surface area contributed by atoms with E-state index in [-0.39, 0.29) is 23.8 Å². The van der Waals surface area contributed by atoms with Crippen LogP contribution in [0, 0.1) is 18.6 Å². The van der Waals surface area contributed by atoms with Crippen molar-refractivity contribution >= 4 is 5.91 Å². The molecule has 27 heavy (non-hydrogen) atoms. The average Bonchev–Trinajstić information content (AvgIpc) is 3.09. The molecule has 4 rings (SSSR count). The van der Waals surface area contributed by atoms with Crippen LogP contribution in [0.3, 0.4) is 0 Å². The zero-order valence-corrected chi connectivity index (χ0v) is 14.6. The van der Waals surface area contributed by atoms with Crippen LogP contribution in [-0.4, -0.2) is 32.7 Å². The van der Waals surface area contributed by atoms with Gasteiger partial charge in [0.1, 0.15) is 5.75 Å². The Hall–Kier alpha value is -3.22. The number of para-hydroxylation sites is 1.